The van der Waals surface area contributed by atoms with Crippen molar-refractivity contribution in [2.45, 2.75) is 57.0 Å². The fourth-order valence-corrected chi connectivity index (χ4v) is 4.23. The summed E-state index contributed by atoms with van der Waals surface area (Å²) in [5.74, 6) is 0.0104. The van der Waals surface area contributed by atoms with Gasteiger partial charge in [0.15, 0.2) is 0 Å². The lowest BCUT2D eigenvalue weighted by Gasteiger charge is -2.39. The van der Waals surface area contributed by atoms with Gasteiger partial charge in [0.25, 0.3) is 0 Å². The summed E-state index contributed by atoms with van der Waals surface area (Å²) >= 11 is 0. The summed E-state index contributed by atoms with van der Waals surface area (Å²) in [6.45, 7) is 6.84. The van der Waals surface area contributed by atoms with Crippen molar-refractivity contribution in [2.75, 3.05) is 32.7 Å². The highest BCUT2D eigenvalue weighted by molar-refractivity contribution is 5.82. The fourth-order valence-electron chi connectivity index (χ4n) is 4.23. The average Bonchev–Trinajstić information content (AvgIpc) is 2.73. The maximum atomic E-state index is 12.7. The van der Waals surface area contributed by atoms with Gasteiger partial charge in [-0.05, 0) is 31.7 Å². The second-order valence-corrected chi connectivity index (χ2v) is 8.03. The molecule has 27 heavy (non-hydrogen) atoms. The van der Waals surface area contributed by atoms with Crippen LogP contribution < -0.4 is 5.32 Å². The van der Waals surface area contributed by atoms with Gasteiger partial charge in [-0.15, -0.1) is 0 Å². The number of carbonyl (C=O) groups excluding carboxylic acids is 1. The first-order valence-electron chi connectivity index (χ1n) is 10.4. The van der Waals surface area contributed by atoms with Gasteiger partial charge in [-0.3, -0.25) is 9.69 Å². The maximum absolute atomic E-state index is 12.7. The van der Waals surface area contributed by atoms with Gasteiger partial charge < -0.3 is 10.2 Å². The van der Waals surface area contributed by atoms with Crippen LogP contribution in [0.15, 0.2) is 30.3 Å². The fraction of sp³-hybridized carbons (Fsp3) is 0.636. The van der Waals surface area contributed by atoms with Crippen LogP contribution in [0.3, 0.4) is 0 Å². The molecule has 1 aliphatic heterocycles. The van der Waals surface area contributed by atoms with Crippen LogP contribution in [0.4, 0.5) is 0 Å². The number of nitriles is 1. The Morgan fingerprint density at radius 1 is 1.15 bits per heavy atom. The predicted octanol–water partition coefficient (Wildman–Crippen LogP) is 2.58. The Balaban J connectivity index is 1.44. The van der Waals surface area contributed by atoms with Crippen molar-refractivity contribution in [1.82, 2.24) is 15.1 Å². The van der Waals surface area contributed by atoms with Crippen molar-refractivity contribution < 1.29 is 4.79 Å². The largest absolute Gasteiger partial charge is 0.336 e. The van der Waals surface area contributed by atoms with E-state index >= 15 is 0 Å². The van der Waals surface area contributed by atoms with Gasteiger partial charge >= 0.3 is 0 Å². The first-order valence-corrected chi connectivity index (χ1v) is 10.4. The molecule has 5 nitrogen and oxygen atoms in total. The van der Waals surface area contributed by atoms with Crippen LogP contribution in [-0.2, 0) is 11.2 Å². The van der Waals surface area contributed by atoms with E-state index in [1.807, 2.05) is 6.92 Å². The molecule has 1 saturated heterocycles. The Morgan fingerprint density at radius 2 is 1.81 bits per heavy atom. The van der Waals surface area contributed by atoms with E-state index in [2.05, 4.69) is 51.5 Å². The number of piperazine rings is 1. The molecule has 2 aliphatic rings. The molecule has 1 aromatic carbocycles. The van der Waals surface area contributed by atoms with Crippen LogP contribution >= 0.6 is 0 Å². The number of amides is 1. The van der Waals surface area contributed by atoms with Gasteiger partial charge in [-0.2, -0.15) is 5.26 Å². The van der Waals surface area contributed by atoms with Crippen molar-refractivity contribution in [3.63, 3.8) is 0 Å². The van der Waals surface area contributed by atoms with Crippen molar-refractivity contribution >= 4 is 5.91 Å². The molecule has 1 unspecified atom stereocenters. The number of hydrogen-bond donors (Lipinski definition) is 1. The third kappa shape index (κ3) is 5.31. The van der Waals surface area contributed by atoms with Gasteiger partial charge in [0, 0.05) is 32.7 Å². The molecule has 5 heteroatoms. The standard InChI is InChI=1S/C22H32N4O/c1-19(21(27)24-22(18-23)11-6-3-7-12-22)26-16-14-25(15-17-26)13-10-20-8-4-2-5-9-20/h2,4-5,8-9,19H,3,6-7,10-17H2,1H3,(H,24,27). The van der Waals surface area contributed by atoms with E-state index in [0.29, 0.717) is 0 Å². The Morgan fingerprint density at radius 3 is 2.44 bits per heavy atom. The lowest BCUT2D eigenvalue weighted by Crippen LogP contribution is -2.58. The number of nitrogens with zero attached hydrogens (tertiary/aromatic N) is 3. The van der Waals surface area contributed by atoms with Crippen molar-refractivity contribution in [3.05, 3.63) is 35.9 Å². The van der Waals surface area contributed by atoms with E-state index < -0.39 is 5.54 Å². The molecule has 1 amide bonds. The molecule has 1 aromatic rings. The summed E-state index contributed by atoms with van der Waals surface area (Å²) in [4.78, 5) is 17.5. The maximum Gasteiger partial charge on any atom is 0.238 e. The first kappa shape index (κ1) is 19.9. The monoisotopic (exact) mass is 368 g/mol. The zero-order valence-corrected chi connectivity index (χ0v) is 16.5. The predicted molar refractivity (Wildman–Crippen MR) is 107 cm³/mol. The summed E-state index contributed by atoms with van der Waals surface area (Å²) in [6, 6.07) is 12.8. The summed E-state index contributed by atoms with van der Waals surface area (Å²) in [5.41, 5.74) is 0.739. The van der Waals surface area contributed by atoms with Crippen LogP contribution in [-0.4, -0.2) is 60.0 Å². The van der Waals surface area contributed by atoms with Crippen LogP contribution in [0, 0.1) is 11.3 Å². The molecule has 1 heterocycles. The summed E-state index contributed by atoms with van der Waals surface area (Å²) < 4.78 is 0. The molecule has 1 atom stereocenters. The Kier molecular flexibility index (Phi) is 6.87. The number of carbonyl (C=O) groups is 1. The molecule has 2 fully saturated rings. The van der Waals surface area contributed by atoms with E-state index in [0.717, 1.165) is 64.8 Å². The quantitative estimate of drug-likeness (QED) is 0.838. The van der Waals surface area contributed by atoms with E-state index in [9.17, 15) is 10.1 Å². The van der Waals surface area contributed by atoms with Crippen LogP contribution in [0.1, 0.15) is 44.6 Å². The van der Waals surface area contributed by atoms with Gasteiger partial charge in [-0.25, -0.2) is 0 Å². The summed E-state index contributed by atoms with van der Waals surface area (Å²) in [5, 5.41) is 12.7. The average molecular weight is 369 g/mol. The van der Waals surface area contributed by atoms with E-state index in [1.54, 1.807) is 0 Å². The Bertz CT molecular complexity index is 640. The Labute approximate surface area is 163 Å². The number of rotatable bonds is 6. The molecule has 0 spiro atoms. The SMILES string of the molecule is CC(C(=O)NC1(C#N)CCCCC1)N1CCN(CCc2ccccc2)CC1. The van der Waals surface area contributed by atoms with Crippen LogP contribution in [0.5, 0.6) is 0 Å². The van der Waals surface area contributed by atoms with Crippen LogP contribution in [0.2, 0.25) is 0 Å². The number of hydrogen-bond acceptors (Lipinski definition) is 4. The zero-order chi connectivity index (χ0) is 19.1. The minimum atomic E-state index is -0.638. The molecule has 0 bridgehead atoms. The summed E-state index contributed by atoms with van der Waals surface area (Å²) in [6.07, 6.45) is 5.87. The topological polar surface area (TPSA) is 59.4 Å². The van der Waals surface area contributed by atoms with E-state index in [-0.39, 0.29) is 11.9 Å². The van der Waals surface area contributed by atoms with Gasteiger partial charge in [0.2, 0.25) is 5.91 Å². The highest BCUT2D eigenvalue weighted by atomic mass is 16.2. The second-order valence-electron chi connectivity index (χ2n) is 8.03. The molecule has 3 rings (SSSR count). The third-order valence-electron chi connectivity index (χ3n) is 6.18. The molecule has 1 N–H and O–H groups in total. The highest BCUT2D eigenvalue weighted by Crippen LogP contribution is 2.27. The minimum Gasteiger partial charge on any atom is -0.336 e. The molecular weight excluding hydrogens is 336 g/mol. The molecule has 0 radical (unpaired) electrons. The third-order valence-corrected chi connectivity index (χ3v) is 6.18. The normalized spacial score (nSPS) is 21.9. The first-order chi connectivity index (χ1) is 13.1. The smallest absolute Gasteiger partial charge is 0.238 e. The van der Waals surface area contributed by atoms with Crippen molar-refractivity contribution in [2.24, 2.45) is 0 Å². The van der Waals surface area contributed by atoms with Crippen molar-refractivity contribution in [3.8, 4) is 6.07 Å². The number of benzene rings is 1. The minimum absolute atomic E-state index is 0.0104. The van der Waals surface area contributed by atoms with Gasteiger partial charge in [0.05, 0.1) is 12.1 Å². The second kappa shape index (κ2) is 9.34. The van der Waals surface area contributed by atoms with Crippen molar-refractivity contribution in [1.29, 1.82) is 5.26 Å². The van der Waals surface area contributed by atoms with E-state index in [4.69, 9.17) is 0 Å². The van der Waals surface area contributed by atoms with E-state index in [1.165, 1.54) is 12.0 Å². The lowest BCUT2D eigenvalue weighted by molar-refractivity contribution is -0.128. The molecule has 1 aliphatic carbocycles. The van der Waals surface area contributed by atoms with Gasteiger partial charge in [0.1, 0.15) is 5.54 Å². The molecular formula is C22H32N4O. The van der Waals surface area contributed by atoms with Crippen LogP contribution in [0.25, 0.3) is 0 Å². The van der Waals surface area contributed by atoms with Gasteiger partial charge in [-0.1, -0.05) is 49.6 Å². The molecule has 146 valence electrons. The highest BCUT2D eigenvalue weighted by Gasteiger charge is 2.36. The zero-order valence-electron chi connectivity index (χ0n) is 16.5. The molecule has 1 saturated carbocycles. The Hall–Kier alpha value is -1.90. The lowest BCUT2D eigenvalue weighted by atomic mass is 9.82. The summed E-state index contributed by atoms with van der Waals surface area (Å²) in [7, 11) is 0. The molecule has 0 aromatic heterocycles. The number of nitrogens with one attached hydrogen (secondary N) is 1.